The van der Waals surface area contributed by atoms with Gasteiger partial charge in [-0.1, -0.05) is 84.9 Å². The predicted octanol–water partition coefficient (Wildman–Crippen LogP) is -1.42. The Bertz CT molecular complexity index is 2680. The molecule has 81 heavy (non-hydrogen) atoms. The van der Waals surface area contributed by atoms with E-state index < -0.39 is 101 Å². The minimum atomic E-state index is -1.40. The van der Waals surface area contributed by atoms with E-state index in [4.69, 9.17) is 28.7 Å². The lowest BCUT2D eigenvalue weighted by Crippen LogP contribution is -2.60. The van der Waals surface area contributed by atoms with Crippen molar-refractivity contribution in [2.24, 2.45) is 38.7 Å². The molecule has 3 aliphatic heterocycles. The molecule has 0 aliphatic carbocycles. The highest BCUT2D eigenvalue weighted by atomic mass is 32.2. The smallest absolute Gasteiger partial charge is 0.246 e. The summed E-state index contributed by atoms with van der Waals surface area (Å²) in [5.74, 6) is -5.86. The maximum atomic E-state index is 14.7. The molecule has 438 valence electrons. The number of thiol groups is 1. The number of carbonyl (C=O) groups excluding carboxylic acids is 9. The van der Waals surface area contributed by atoms with Gasteiger partial charge in [-0.05, 0) is 60.8 Å². The molecule has 24 nitrogen and oxygen atoms in total. The molecule has 8 atom stereocenters. The molecule has 0 spiro atoms. The standard InChI is InChI=1S/C54H75N15O9S3/c1-32(70)62-43-31-81-29-36-20-18-35(19-21-36)28-80-30-42(45(55)71)68-48(74)39(25-33-11-4-2-5-12-33)65-46(72)37(15-8-22-60-53(56)57)63-49(75)41(27-79)67-47(73)38(16-9-23-61-54(58)59)64-51(77)44-17-10-24-69(44)52(78)40(66-50(43)76)26-34-13-6-3-7-14-34/h2-7,11-14,18-21,37-44,79H,8-10,15-17,22-31H2,1H3,(H2,55,71)(H,62,70)(H,63,75)(H,64,77)(H,65,72)(H,66,76)(H,67,73)(H,68,74)(H4,56,57,60)(H4,58,59,61)/t37-,38-,39-,40-,41-,42-,43-,44-/m0/s1. The third kappa shape index (κ3) is 21.8. The second-order valence-corrected chi connectivity index (χ2v) is 21.9. The number of fused-ring (bicyclic) bond motifs is 26. The quantitative estimate of drug-likeness (QED) is 0.0273. The first-order chi connectivity index (χ1) is 38.8. The van der Waals surface area contributed by atoms with Crippen molar-refractivity contribution >= 4 is 101 Å². The highest BCUT2D eigenvalue weighted by Crippen LogP contribution is 2.22. The van der Waals surface area contributed by atoms with Gasteiger partial charge in [0.05, 0.1) is 0 Å². The molecule has 1 saturated heterocycles. The van der Waals surface area contributed by atoms with Crippen LogP contribution in [-0.2, 0) is 67.5 Å². The lowest BCUT2D eigenvalue weighted by atomic mass is 10.0. The number of primary amides is 1. The van der Waals surface area contributed by atoms with Crippen molar-refractivity contribution in [2.75, 3.05) is 36.9 Å². The van der Waals surface area contributed by atoms with Crippen molar-refractivity contribution in [3.05, 3.63) is 107 Å². The van der Waals surface area contributed by atoms with Gasteiger partial charge in [0.2, 0.25) is 53.2 Å². The fourth-order valence-corrected chi connectivity index (χ4v) is 11.2. The molecule has 9 amide bonds. The van der Waals surface area contributed by atoms with Crippen LogP contribution >= 0.6 is 36.2 Å². The van der Waals surface area contributed by atoms with Gasteiger partial charge in [0, 0.05) is 68.2 Å². The van der Waals surface area contributed by atoms with Crippen molar-refractivity contribution in [3.63, 3.8) is 0 Å². The zero-order valence-corrected chi connectivity index (χ0v) is 47.7. The minimum Gasteiger partial charge on any atom is -0.370 e. The first-order valence-electron chi connectivity index (χ1n) is 26.5. The lowest BCUT2D eigenvalue weighted by Gasteiger charge is -2.31. The van der Waals surface area contributed by atoms with Gasteiger partial charge < -0.3 is 70.8 Å². The molecule has 6 rings (SSSR count). The monoisotopic (exact) mass is 1170 g/mol. The van der Waals surface area contributed by atoms with Crippen LogP contribution in [0, 0.1) is 0 Å². The lowest BCUT2D eigenvalue weighted by molar-refractivity contribution is -0.142. The molecule has 0 aromatic heterocycles. The molecule has 3 heterocycles. The molecule has 0 radical (unpaired) electrons. The molecular weight excluding hydrogens is 1100 g/mol. The third-order valence-electron chi connectivity index (χ3n) is 13.1. The fraction of sp³-hybridized carbons (Fsp3) is 0.463. The van der Waals surface area contributed by atoms with Crippen molar-refractivity contribution in [1.82, 2.24) is 42.1 Å². The summed E-state index contributed by atoms with van der Waals surface area (Å²) in [6, 6.07) is 15.7. The van der Waals surface area contributed by atoms with E-state index >= 15 is 0 Å². The fourth-order valence-electron chi connectivity index (χ4n) is 8.92. The maximum Gasteiger partial charge on any atom is 0.246 e. The molecule has 0 unspecified atom stereocenters. The van der Waals surface area contributed by atoms with Crippen molar-refractivity contribution in [2.45, 2.75) is 118 Å². The summed E-state index contributed by atoms with van der Waals surface area (Å²) in [6.45, 7) is 1.58. The molecule has 1 fully saturated rings. The number of hydrogen-bond donors (Lipinski definition) is 13. The van der Waals surface area contributed by atoms with Crippen LogP contribution in [0.1, 0.15) is 67.7 Å². The number of benzene rings is 3. The number of rotatable bonds is 15. The zero-order valence-electron chi connectivity index (χ0n) is 45.2. The van der Waals surface area contributed by atoms with E-state index in [0.717, 1.165) is 16.7 Å². The molecule has 3 aromatic rings. The minimum absolute atomic E-state index is 0.0237. The van der Waals surface area contributed by atoms with Crippen LogP contribution in [0.25, 0.3) is 0 Å². The first kappa shape index (κ1) is 64.3. The number of nitrogens with two attached hydrogens (primary N) is 5. The zero-order chi connectivity index (χ0) is 58.8. The summed E-state index contributed by atoms with van der Waals surface area (Å²) in [7, 11) is 0. The topological polar surface area (TPSA) is 396 Å². The molecule has 27 heteroatoms. The SMILES string of the molecule is CC(=O)N[C@H]1CSCc2ccc(cc2)CSC[C@@H](C(N)=O)NC(=O)[C@H](Cc2ccccc2)NC(=O)[C@H](CCCN=C(N)N)NC(=O)[C@H](CS)NC(=O)[C@H](CCCN=C(N)N)NC(=O)[C@@H]2CCCN2C(=O)[C@H](Cc2ccccc2)NC1=O. The molecule has 3 aliphatic rings. The van der Waals surface area contributed by atoms with Gasteiger partial charge in [0.25, 0.3) is 0 Å². The van der Waals surface area contributed by atoms with Crippen LogP contribution in [-0.4, -0.2) is 155 Å². The predicted molar refractivity (Wildman–Crippen MR) is 316 cm³/mol. The largest absolute Gasteiger partial charge is 0.370 e. The molecule has 2 bridgehead atoms. The van der Waals surface area contributed by atoms with Crippen LogP contribution in [0.15, 0.2) is 94.9 Å². The average molecular weight is 1170 g/mol. The van der Waals surface area contributed by atoms with E-state index in [1.807, 2.05) is 30.3 Å². The highest BCUT2D eigenvalue weighted by Gasteiger charge is 2.40. The maximum absolute atomic E-state index is 14.7. The van der Waals surface area contributed by atoms with Gasteiger partial charge >= 0.3 is 0 Å². The Labute approximate surface area is 485 Å². The van der Waals surface area contributed by atoms with Gasteiger partial charge in [-0.2, -0.15) is 36.2 Å². The Kier molecular flexibility index (Phi) is 26.4. The summed E-state index contributed by atoms with van der Waals surface area (Å²) in [6.07, 6.45) is 0.926. The van der Waals surface area contributed by atoms with Crippen molar-refractivity contribution in [3.8, 4) is 0 Å². The molecular formula is C54H75N15O9S3. The normalized spacial score (nSPS) is 23.3. The first-order valence-corrected chi connectivity index (χ1v) is 29.5. The number of guanidine groups is 2. The van der Waals surface area contributed by atoms with Gasteiger partial charge in [-0.3, -0.25) is 53.1 Å². The van der Waals surface area contributed by atoms with E-state index in [9.17, 15) is 43.2 Å². The Balaban J connectivity index is 1.50. The summed E-state index contributed by atoms with van der Waals surface area (Å²) in [4.78, 5) is 135. The van der Waals surface area contributed by atoms with Gasteiger partial charge in [0.15, 0.2) is 11.9 Å². The van der Waals surface area contributed by atoms with Crippen LogP contribution in [0.2, 0.25) is 0 Å². The van der Waals surface area contributed by atoms with E-state index in [0.29, 0.717) is 23.5 Å². The van der Waals surface area contributed by atoms with Crippen LogP contribution in [0.4, 0.5) is 0 Å². The average Bonchev–Trinajstić information content (AvgIpc) is 3.94. The number of nitrogens with one attached hydrogen (secondary N) is 7. The number of carbonyl (C=O) groups is 9. The van der Waals surface area contributed by atoms with Gasteiger partial charge in [0.1, 0.15) is 48.3 Å². The summed E-state index contributed by atoms with van der Waals surface area (Å²) in [5.41, 5.74) is 31.3. The van der Waals surface area contributed by atoms with Gasteiger partial charge in [-0.25, -0.2) is 0 Å². The third-order valence-corrected chi connectivity index (χ3v) is 15.7. The summed E-state index contributed by atoms with van der Waals surface area (Å²) in [5, 5.41) is 19.2. The molecule has 0 saturated carbocycles. The van der Waals surface area contributed by atoms with Crippen LogP contribution in [0.5, 0.6) is 0 Å². The second-order valence-electron chi connectivity index (χ2n) is 19.5. The summed E-state index contributed by atoms with van der Waals surface area (Å²) < 4.78 is 0. The Hall–Kier alpha value is -7.52. The number of amides is 9. The highest BCUT2D eigenvalue weighted by molar-refractivity contribution is 7.98. The van der Waals surface area contributed by atoms with Crippen molar-refractivity contribution in [1.29, 1.82) is 0 Å². The van der Waals surface area contributed by atoms with E-state index in [1.165, 1.54) is 35.3 Å². The van der Waals surface area contributed by atoms with Crippen molar-refractivity contribution < 1.29 is 43.2 Å². The van der Waals surface area contributed by atoms with E-state index in [-0.39, 0.29) is 93.8 Å². The molecule has 17 N–H and O–H groups in total. The van der Waals surface area contributed by atoms with Gasteiger partial charge in [-0.15, -0.1) is 0 Å². The number of aliphatic imine (C=N–C) groups is 2. The van der Waals surface area contributed by atoms with Crippen LogP contribution < -0.4 is 65.9 Å². The second kappa shape index (κ2) is 33.3. The van der Waals surface area contributed by atoms with E-state index in [1.54, 1.807) is 54.6 Å². The Morgan fingerprint density at radius 1 is 0.593 bits per heavy atom. The Morgan fingerprint density at radius 2 is 1.05 bits per heavy atom. The Morgan fingerprint density at radius 3 is 1.56 bits per heavy atom. The van der Waals surface area contributed by atoms with Crippen LogP contribution in [0.3, 0.4) is 0 Å². The summed E-state index contributed by atoms with van der Waals surface area (Å²) >= 11 is 7.11. The van der Waals surface area contributed by atoms with E-state index in [2.05, 4.69) is 59.8 Å². The number of thioether (sulfide) groups is 2. The molecule has 3 aromatic carbocycles. The number of hydrogen-bond acceptors (Lipinski definition) is 14. The number of nitrogens with zero attached hydrogens (tertiary/aromatic N) is 3.